The number of carbonyl (C=O) groups is 1. The summed E-state index contributed by atoms with van der Waals surface area (Å²) in [4.78, 5) is 12.6. The Labute approximate surface area is 161 Å². The van der Waals surface area contributed by atoms with E-state index < -0.39 is 21.8 Å². The second-order valence-electron chi connectivity index (χ2n) is 6.05. The Hall–Kier alpha value is -3.13. The maximum Gasteiger partial charge on any atom is 0.342 e. The van der Waals surface area contributed by atoms with E-state index >= 15 is 0 Å². The number of furan rings is 1. The van der Waals surface area contributed by atoms with Crippen LogP contribution in [0, 0.1) is 5.82 Å². The normalized spacial score (nSPS) is 11.4. The number of benzene rings is 2. The molecule has 8 heteroatoms. The third-order valence-corrected chi connectivity index (χ3v) is 4.55. The molecule has 0 saturated carbocycles. The first-order valence-electron chi connectivity index (χ1n) is 8.37. The van der Waals surface area contributed by atoms with Gasteiger partial charge >= 0.3 is 5.97 Å². The van der Waals surface area contributed by atoms with E-state index in [0.29, 0.717) is 16.5 Å². The zero-order valence-corrected chi connectivity index (χ0v) is 16.1. The second kappa shape index (κ2) is 7.47. The van der Waals surface area contributed by atoms with Crippen molar-refractivity contribution >= 4 is 38.7 Å². The fraction of sp³-hybridized carbons (Fsp3) is 0.150. The van der Waals surface area contributed by atoms with E-state index in [2.05, 4.69) is 11.3 Å². The lowest BCUT2D eigenvalue weighted by Gasteiger charge is -2.08. The van der Waals surface area contributed by atoms with Crippen molar-refractivity contribution in [1.29, 1.82) is 0 Å². The summed E-state index contributed by atoms with van der Waals surface area (Å²) in [6.07, 6.45) is 2.49. The predicted octanol–water partition coefficient (Wildman–Crippen LogP) is 4.43. The van der Waals surface area contributed by atoms with Crippen LogP contribution in [0.3, 0.4) is 0 Å². The summed E-state index contributed by atoms with van der Waals surface area (Å²) in [6, 6.07) is 8.55. The topological polar surface area (TPSA) is 85.6 Å². The van der Waals surface area contributed by atoms with Crippen LogP contribution in [0.4, 0.5) is 10.1 Å². The second-order valence-corrected chi connectivity index (χ2v) is 7.80. The number of nitrogens with one attached hydrogen (secondary N) is 1. The van der Waals surface area contributed by atoms with E-state index in [1.54, 1.807) is 13.0 Å². The first-order chi connectivity index (χ1) is 13.2. The average molecular weight is 403 g/mol. The largest absolute Gasteiger partial charge is 0.462 e. The van der Waals surface area contributed by atoms with Gasteiger partial charge in [0.15, 0.2) is 0 Å². The van der Waals surface area contributed by atoms with Gasteiger partial charge in [-0.2, -0.15) is 0 Å². The fourth-order valence-corrected chi connectivity index (χ4v) is 3.40. The molecule has 3 aromatic rings. The van der Waals surface area contributed by atoms with E-state index in [0.717, 1.165) is 6.26 Å². The number of rotatable bonds is 6. The highest BCUT2D eigenvalue weighted by Crippen LogP contribution is 2.37. The number of carbonyl (C=O) groups excluding carboxylic acids is 1. The van der Waals surface area contributed by atoms with Gasteiger partial charge in [0, 0.05) is 17.0 Å². The first-order valence-corrected chi connectivity index (χ1v) is 10.3. The Bertz CT molecular complexity index is 1160. The van der Waals surface area contributed by atoms with Gasteiger partial charge in [-0.05, 0) is 42.8 Å². The highest BCUT2D eigenvalue weighted by molar-refractivity contribution is 7.92. The Morgan fingerprint density at radius 1 is 1.29 bits per heavy atom. The zero-order chi connectivity index (χ0) is 20.5. The molecule has 2 aromatic carbocycles. The summed E-state index contributed by atoms with van der Waals surface area (Å²) >= 11 is 0. The van der Waals surface area contributed by atoms with E-state index in [4.69, 9.17) is 9.15 Å². The van der Waals surface area contributed by atoms with Crippen LogP contribution in [-0.4, -0.2) is 27.2 Å². The summed E-state index contributed by atoms with van der Waals surface area (Å²) < 4.78 is 50.0. The molecule has 6 nitrogen and oxygen atoms in total. The number of hydrogen-bond acceptors (Lipinski definition) is 5. The van der Waals surface area contributed by atoms with E-state index in [-0.39, 0.29) is 29.2 Å². The van der Waals surface area contributed by atoms with Crippen LogP contribution in [0.2, 0.25) is 0 Å². The van der Waals surface area contributed by atoms with E-state index in [9.17, 15) is 17.6 Å². The molecule has 0 radical (unpaired) electrons. The van der Waals surface area contributed by atoms with E-state index in [1.807, 2.05) is 0 Å². The molecular formula is C20H18FNO5S. The molecule has 0 saturated heterocycles. The van der Waals surface area contributed by atoms with Crippen molar-refractivity contribution < 1.29 is 26.8 Å². The molecule has 0 spiro atoms. The molecule has 146 valence electrons. The number of ether oxygens (including phenoxy) is 1. The van der Waals surface area contributed by atoms with Gasteiger partial charge in [0.2, 0.25) is 10.0 Å². The number of hydrogen-bond donors (Lipinski definition) is 1. The van der Waals surface area contributed by atoms with Crippen molar-refractivity contribution in [2.75, 3.05) is 17.6 Å². The molecule has 0 aliphatic carbocycles. The third-order valence-electron chi connectivity index (χ3n) is 3.96. The maximum atomic E-state index is 13.3. The fourth-order valence-electron chi connectivity index (χ4n) is 2.83. The highest BCUT2D eigenvalue weighted by atomic mass is 32.2. The number of halogens is 1. The van der Waals surface area contributed by atoms with Crippen LogP contribution < -0.4 is 4.72 Å². The molecule has 0 atom stereocenters. The lowest BCUT2D eigenvalue weighted by molar-refractivity contribution is 0.0528. The van der Waals surface area contributed by atoms with Crippen molar-refractivity contribution in [3.05, 3.63) is 59.9 Å². The van der Waals surface area contributed by atoms with Gasteiger partial charge < -0.3 is 9.15 Å². The van der Waals surface area contributed by atoms with Crippen molar-refractivity contribution in [2.45, 2.75) is 6.92 Å². The lowest BCUT2D eigenvalue weighted by Crippen LogP contribution is -2.10. The van der Waals surface area contributed by atoms with Crippen molar-refractivity contribution in [3.63, 3.8) is 0 Å². The number of sulfonamides is 1. The molecular weight excluding hydrogens is 385 g/mol. The van der Waals surface area contributed by atoms with Crippen LogP contribution in [-0.2, 0) is 14.8 Å². The quantitative estimate of drug-likeness (QED) is 0.616. The minimum absolute atomic E-state index is 0.163. The summed E-state index contributed by atoms with van der Waals surface area (Å²) in [5.74, 6) is -0.814. The van der Waals surface area contributed by atoms with Crippen LogP contribution in [0.5, 0.6) is 0 Å². The SMILES string of the molecule is C=Cc1cc2c(C(=O)OCC)c(-c3ccc(F)cc3)oc2cc1NS(C)(=O)=O. The molecule has 1 N–H and O–H groups in total. The summed E-state index contributed by atoms with van der Waals surface area (Å²) in [5.41, 5.74) is 1.67. The lowest BCUT2D eigenvalue weighted by atomic mass is 10.0. The van der Waals surface area contributed by atoms with Gasteiger partial charge in [-0.1, -0.05) is 12.7 Å². The van der Waals surface area contributed by atoms with Crippen LogP contribution in [0.15, 0.2) is 47.4 Å². The van der Waals surface area contributed by atoms with Crippen LogP contribution >= 0.6 is 0 Å². The van der Waals surface area contributed by atoms with Crippen molar-refractivity contribution in [1.82, 2.24) is 0 Å². The molecule has 28 heavy (non-hydrogen) atoms. The van der Waals surface area contributed by atoms with Gasteiger partial charge in [0.25, 0.3) is 0 Å². The molecule has 0 unspecified atom stereocenters. The third kappa shape index (κ3) is 3.91. The molecule has 1 heterocycles. The molecule has 1 aromatic heterocycles. The minimum Gasteiger partial charge on any atom is -0.462 e. The Balaban J connectivity index is 2.30. The summed E-state index contributed by atoms with van der Waals surface area (Å²) in [5, 5.41) is 0.437. The molecule has 3 rings (SSSR count). The standard InChI is InChI=1S/C20H18FNO5S/c1-4-12-10-15-17(11-16(12)22-28(3,24)25)27-19(18(15)20(23)26-5-2)13-6-8-14(21)9-7-13/h4,6-11,22H,1,5H2,2-3H3. The van der Waals surface area contributed by atoms with Gasteiger partial charge in [0.05, 0.1) is 18.6 Å². The molecule has 0 aliphatic rings. The van der Waals surface area contributed by atoms with Crippen molar-refractivity contribution in [3.8, 4) is 11.3 Å². The Morgan fingerprint density at radius 3 is 2.54 bits per heavy atom. The Morgan fingerprint density at radius 2 is 1.96 bits per heavy atom. The smallest absolute Gasteiger partial charge is 0.342 e. The molecule has 0 amide bonds. The minimum atomic E-state index is -3.54. The molecule has 0 bridgehead atoms. The number of esters is 1. The van der Waals surface area contributed by atoms with E-state index in [1.165, 1.54) is 36.4 Å². The molecule has 0 fully saturated rings. The predicted molar refractivity (Wildman–Crippen MR) is 106 cm³/mol. The van der Waals surface area contributed by atoms with Gasteiger partial charge in [0.1, 0.15) is 22.7 Å². The average Bonchev–Trinajstić information content (AvgIpc) is 2.98. The van der Waals surface area contributed by atoms with Crippen LogP contribution in [0.25, 0.3) is 28.4 Å². The summed E-state index contributed by atoms with van der Waals surface area (Å²) in [6.45, 7) is 5.54. The van der Waals surface area contributed by atoms with Gasteiger partial charge in [-0.15, -0.1) is 0 Å². The Kier molecular flexibility index (Phi) is 5.24. The first kappa shape index (κ1) is 19.6. The number of anilines is 1. The maximum absolute atomic E-state index is 13.3. The van der Waals surface area contributed by atoms with Gasteiger partial charge in [-0.3, -0.25) is 4.72 Å². The summed E-state index contributed by atoms with van der Waals surface area (Å²) in [7, 11) is -3.54. The monoisotopic (exact) mass is 403 g/mol. The number of fused-ring (bicyclic) bond motifs is 1. The zero-order valence-electron chi connectivity index (χ0n) is 15.3. The molecule has 0 aliphatic heterocycles. The van der Waals surface area contributed by atoms with Crippen LogP contribution in [0.1, 0.15) is 22.8 Å². The highest BCUT2D eigenvalue weighted by Gasteiger charge is 2.24. The van der Waals surface area contributed by atoms with Crippen molar-refractivity contribution in [2.24, 2.45) is 0 Å². The van der Waals surface area contributed by atoms with Gasteiger partial charge in [-0.25, -0.2) is 17.6 Å².